The van der Waals surface area contributed by atoms with E-state index in [0.29, 0.717) is 159 Å². The number of hydrogen-bond acceptors (Lipinski definition) is 13. The molecule has 0 aromatic carbocycles. The molecule has 0 atom stereocenters. The van der Waals surface area contributed by atoms with E-state index in [9.17, 15) is 0 Å². The zero-order chi connectivity index (χ0) is 40.2. The molecule has 338 valence electrons. The minimum Gasteiger partial charge on any atom is -0.379 e. The van der Waals surface area contributed by atoms with Crippen molar-refractivity contribution in [3.05, 3.63) is 0 Å². The second-order valence-corrected chi connectivity index (χ2v) is 13.6. The normalized spacial score (nSPS) is 11.7. The smallest absolute Gasteiger partial charge is 0.0701 e. The highest BCUT2D eigenvalue weighted by molar-refractivity contribution is 6.17. The average molecular weight is 834 g/mol. The van der Waals surface area contributed by atoms with Gasteiger partial charge in [-0.2, -0.15) is 0 Å². The fourth-order valence-corrected chi connectivity index (χ4v) is 5.27. The molecule has 0 fully saturated rings. The van der Waals surface area contributed by atoms with Gasteiger partial charge in [-0.1, -0.05) is 77.6 Å². The first-order valence-electron chi connectivity index (χ1n) is 22.0. The molecule has 0 aliphatic carbocycles. The van der Waals surface area contributed by atoms with Crippen molar-refractivity contribution in [3.63, 3.8) is 0 Å². The lowest BCUT2D eigenvalue weighted by Gasteiger charge is -2.09. The molecule has 13 nitrogen and oxygen atoms in total. The highest BCUT2D eigenvalue weighted by Crippen LogP contribution is 2.10. The minimum atomic E-state index is 0.514. The summed E-state index contributed by atoms with van der Waals surface area (Å²) >= 11 is 5.66. The van der Waals surface area contributed by atoms with Crippen LogP contribution in [0, 0.1) is 0 Å². The quantitative estimate of drug-likeness (QED) is 0.0467. The molecule has 0 unspecified atom stereocenters. The number of alkyl halides is 1. The summed E-state index contributed by atoms with van der Waals surface area (Å²) in [5.41, 5.74) is 0. The predicted molar refractivity (Wildman–Crippen MR) is 222 cm³/mol. The molecule has 0 saturated heterocycles. The van der Waals surface area contributed by atoms with Crippen molar-refractivity contribution in [1.82, 2.24) is 0 Å². The second-order valence-electron chi connectivity index (χ2n) is 13.2. The van der Waals surface area contributed by atoms with Gasteiger partial charge in [0.15, 0.2) is 0 Å². The van der Waals surface area contributed by atoms with Crippen LogP contribution in [0.25, 0.3) is 0 Å². The summed E-state index contributed by atoms with van der Waals surface area (Å²) in [5, 5.41) is 0. The predicted octanol–water partition coefficient (Wildman–Crippen LogP) is 6.92. The second kappa shape index (κ2) is 54.8. The first kappa shape index (κ1) is 55.8. The maximum absolute atomic E-state index is 5.66. The topological polar surface area (TPSA) is 120 Å². The molecule has 0 spiro atoms. The van der Waals surface area contributed by atoms with Crippen LogP contribution in [0.2, 0.25) is 0 Å². The Bertz CT molecular complexity index is 618. The zero-order valence-corrected chi connectivity index (χ0v) is 36.4. The van der Waals surface area contributed by atoms with Gasteiger partial charge in [0, 0.05) is 19.1 Å². The van der Waals surface area contributed by atoms with Crippen LogP contribution in [-0.4, -0.2) is 178 Å². The highest BCUT2D eigenvalue weighted by atomic mass is 35.5. The average Bonchev–Trinajstić information content (AvgIpc) is 3.21. The number of unbranched alkanes of at least 4 members (excludes halogenated alkanes) is 12. The molecule has 0 bridgehead atoms. The Morgan fingerprint density at radius 2 is 0.357 bits per heavy atom. The van der Waals surface area contributed by atoms with E-state index in [1.54, 1.807) is 0 Å². The molecule has 0 saturated carbocycles. The maximum atomic E-state index is 5.66. The lowest BCUT2D eigenvalue weighted by atomic mass is 10.1. The molecule has 0 radical (unpaired) electrons. The van der Waals surface area contributed by atoms with Crippen molar-refractivity contribution < 1.29 is 61.6 Å². The summed E-state index contributed by atoms with van der Waals surface area (Å²) in [6.45, 7) is 16.9. The van der Waals surface area contributed by atoms with Gasteiger partial charge in [-0.3, -0.25) is 0 Å². The van der Waals surface area contributed by atoms with Crippen LogP contribution < -0.4 is 0 Å². The van der Waals surface area contributed by atoms with E-state index in [-0.39, 0.29) is 0 Å². The van der Waals surface area contributed by atoms with Gasteiger partial charge in [0.25, 0.3) is 0 Å². The van der Waals surface area contributed by atoms with Crippen molar-refractivity contribution in [2.45, 2.75) is 96.8 Å². The van der Waals surface area contributed by atoms with Gasteiger partial charge in [0.05, 0.1) is 159 Å². The standard InChI is InChI=1S/C42H85ClO13/c1-2-3-4-5-6-7-8-9-11-14-17-44-19-21-46-23-25-48-27-29-50-31-33-52-35-37-54-39-41-56-42-40-55-38-36-53-34-32-51-30-28-49-26-24-47-22-20-45-18-15-12-10-13-16-43/h2-42H2,1H3. The molecule has 14 heteroatoms. The van der Waals surface area contributed by atoms with Crippen LogP contribution in [0.15, 0.2) is 0 Å². The molecule has 0 aliphatic heterocycles. The lowest BCUT2D eigenvalue weighted by molar-refractivity contribution is -0.0290. The van der Waals surface area contributed by atoms with E-state index in [4.69, 9.17) is 73.2 Å². The van der Waals surface area contributed by atoms with Crippen molar-refractivity contribution >= 4 is 11.6 Å². The van der Waals surface area contributed by atoms with Gasteiger partial charge in [-0.25, -0.2) is 0 Å². The Hall–Kier alpha value is -0.230. The van der Waals surface area contributed by atoms with E-state index in [1.165, 1.54) is 70.6 Å². The first-order chi connectivity index (χ1) is 27.9. The Balaban J connectivity index is 3.05. The Labute approximate surface area is 346 Å². The highest BCUT2D eigenvalue weighted by Gasteiger charge is 1.98. The van der Waals surface area contributed by atoms with E-state index < -0.39 is 0 Å². The largest absolute Gasteiger partial charge is 0.379 e. The zero-order valence-electron chi connectivity index (χ0n) is 35.7. The molecule has 0 heterocycles. The van der Waals surface area contributed by atoms with Crippen LogP contribution in [0.4, 0.5) is 0 Å². The SMILES string of the molecule is CCCCCCCCCCCCOCCOCCOCCOCCOCCOCCOCCOCCOCCOCCOCCOCCOCCCCCCCl. The molecule has 0 aliphatic rings. The Kier molecular flexibility index (Phi) is 54.5. The molecular formula is C42H85ClO13. The summed E-state index contributed by atoms with van der Waals surface area (Å²) in [6, 6.07) is 0. The van der Waals surface area contributed by atoms with Gasteiger partial charge in [-0.15, -0.1) is 11.6 Å². The molecule has 0 aromatic rings. The third-order valence-electron chi connectivity index (χ3n) is 8.28. The summed E-state index contributed by atoms with van der Waals surface area (Å²) in [5.74, 6) is 0.744. The summed E-state index contributed by atoms with van der Waals surface area (Å²) in [4.78, 5) is 0. The van der Waals surface area contributed by atoms with Crippen LogP contribution in [0.3, 0.4) is 0 Å². The first-order valence-corrected chi connectivity index (χ1v) is 22.5. The van der Waals surface area contributed by atoms with Gasteiger partial charge in [0.1, 0.15) is 0 Å². The van der Waals surface area contributed by atoms with E-state index in [1.807, 2.05) is 0 Å². The third-order valence-corrected chi connectivity index (χ3v) is 8.55. The lowest BCUT2D eigenvalue weighted by Crippen LogP contribution is -2.15. The molecule has 0 rings (SSSR count). The number of rotatable bonds is 53. The fraction of sp³-hybridized carbons (Fsp3) is 1.00. The third kappa shape index (κ3) is 53.8. The molecule has 56 heavy (non-hydrogen) atoms. The van der Waals surface area contributed by atoms with E-state index in [2.05, 4.69) is 6.92 Å². The minimum absolute atomic E-state index is 0.514. The van der Waals surface area contributed by atoms with Crippen LogP contribution in [-0.2, 0) is 61.6 Å². The van der Waals surface area contributed by atoms with Crippen molar-refractivity contribution in [2.24, 2.45) is 0 Å². The number of hydrogen-bond donors (Lipinski definition) is 0. The maximum Gasteiger partial charge on any atom is 0.0701 e. The Morgan fingerprint density at radius 3 is 0.554 bits per heavy atom. The molecular weight excluding hydrogens is 748 g/mol. The fourth-order valence-electron chi connectivity index (χ4n) is 5.08. The summed E-state index contributed by atoms with van der Waals surface area (Å²) < 4.78 is 71.9. The Morgan fingerprint density at radius 1 is 0.196 bits per heavy atom. The summed E-state index contributed by atoms with van der Waals surface area (Å²) in [7, 11) is 0. The van der Waals surface area contributed by atoms with Gasteiger partial charge in [-0.05, 0) is 19.3 Å². The van der Waals surface area contributed by atoms with Gasteiger partial charge < -0.3 is 61.6 Å². The monoisotopic (exact) mass is 833 g/mol. The molecule has 0 N–H and O–H groups in total. The van der Waals surface area contributed by atoms with E-state index >= 15 is 0 Å². The summed E-state index contributed by atoms with van der Waals surface area (Å²) in [6.07, 6.45) is 17.9. The van der Waals surface area contributed by atoms with Gasteiger partial charge >= 0.3 is 0 Å². The van der Waals surface area contributed by atoms with Crippen molar-refractivity contribution in [2.75, 3.05) is 178 Å². The number of ether oxygens (including phenoxy) is 13. The van der Waals surface area contributed by atoms with Gasteiger partial charge in [0.2, 0.25) is 0 Å². The number of halogens is 1. The van der Waals surface area contributed by atoms with E-state index in [0.717, 1.165) is 38.4 Å². The van der Waals surface area contributed by atoms with Crippen LogP contribution in [0.1, 0.15) is 96.8 Å². The van der Waals surface area contributed by atoms with Crippen LogP contribution >= 0.6 is 11.6 Å². The van der Waals surface area contributed by atoms with Crippen LogP contribution in [0.5, 0.6) is 0 Å². The molecule has 0 aromatic heterocycles. The molecule has 0 amide bonds. The van der Waals surface area contributed by atoms with Crippen molar-refractivity contribution in [1.29, 1.82) is 0 Å². The van der Waals surface area contributed by atoms with Crippen molar-refractivity contribution in [3.8, 4) is 0 Å².